The van der Waals surface area contributed by atoms with Gasteiger partial charge >= 0.3 is 0 Å². The van der Waals surface area contributed by atoms with Crippen LogP contribution in [0.3, 0.4) is 0 Å². The Morgan fingerprint density at radius 3 is 2.62 bits per heavy atom. The lowest BCUT2D eigenvalue weighted by molar-refractivity contribution is 0.759. The normalized spacial score (nSPS) is 12.6. The van der Waals surface area contributed by atoms with Crippen molar-refractivity contribution in [3.8, 4) is 0 Å². The molecular weight excluding hydrogens is 242 g/mol. The summed E-state index contributed by atoms with van der Waals surface area (Å²) in [5, 5.41) is 11.9. The van der Waals surface area contributed by atoms with Crippen LogP contribution in [0.25, 0.3) is 0 Å². The first-order chi connectivity index (χ1) is 7.56. The molecule has 1 aromatic heterocycles. The zero-order chi connectivity index (χ0) is 12.1. The van der Waals surface area contributed by atoms with Gasteiger partial charge in [0.15, 0.2) is 11.0 Å². The Labute approximate surface area is 106 Å². The molecule has 3 nitrogen and oxygen atoms in total. The number of anilines is 1. The van der Waals surface area contributed by atoms with Gasteiger partial charge in [0.05, 0.1) is 0 Å². The van der Waals surface area contributed by atoms with E-state index in [0.29, 0.717) is 11.2 Å². The number of nitrogens with zero attached hydrogens (tertiary/aromatic N) is 2. The molecule has 1 heterocycles. The fourth-order valence-electron chi connectivity index (χ4n) is 1.31. The van der Waals surface area contributed by atoms with Crippen LogP contribution in [0.15, 0.2) is 0 Å². The summed E-state index contributed by atoms with van der Waals surface area (Å²) in [6.07, 6.45) is 3.23. The SMILES string of the molecule is CSCCC(C)Nc1nnc(Cl)c(C)c1C. The zero-order valence-electron chi connectivity index (χ0n) is 10.2. The van der Waals surface area contributed by atoms with Crippen molar-refractivity contribution >= 4 is 29.2 Å². The van der Waals surface area contributed by atoms with Crippen LogP contribution in [0.2, 0.25) is 5.15 Å². The van der Waals surface area contributed by atoms with Crippen LogP contribution < -0.4 is 5.32 Å². The third-order valence-electron chi connectivity index (χ3n) is 2.60. The molecule has 0 aliphatic rings. The second-order valence-electron chi connectivity index (χ2n) is 3.92. The molecule has 1 atom stereocenters. The Balaban J connectivity index is 2.70. The van der Waals surface area contributed by atoms with Crippen LogP contribution in [0.1, 0.15) is 24.5 Å². The molecule has 0 aromatic carbocycles. The maximum atomic E-state index is 5.90. The summed E-state index contributed by atoms with van der Waals surface area (Å²) in [6.45, 7) is 6.13. The van der Waals surface area contributed by atoms with Gasteiger partial charge in [0.1, 0.15) is 0 Å². The number of rotatable bonds is 5. The molecule has 1 unspecified atom stereocenters. The van der Waals surface area contributed by atoms with E-state index < -0.39 is 0 Å². The molecule has 0 aliphatic carbocycles. The quantitative estimate of drug-likeness (QED) is 0.881. The molecule has 16 heavy (non-hydrogen) atoms. The second-order valence-corrected chi connectivity index (χ2v) is 5.26. The number of nitrogens with one attached hydrogen (secondary N) is 1. The Morgan fingerprint density at radius 2 is 2.00 bits per heavy atom. The minimum atomic E-state index is 0.404. The first kappa shape index (κ1) is 13.6. The Hall–Kier alpha value is -0.480. The van der Waals surface area contributed by atoms with E-state index in [-0.39, 0.29) is 0 Å². The maximum Gasteiger partial charge on any atom is 0.155 e. The van der Waals surface area contributed by atoms with E-state index in [1.165, 1.54) is 0 Å². The lowest BCUT2D eigenvalue weighted by Crippen LogP contribution is -2.18. The van der Waals surface area contributed by atoms with Crippen molar-refractivity contribution in [1.82, 2.24) is 10.2 Å². The molecule has 0 aliphatic heterocycles. The third-order valence-corrected chi connectivity index (χ3v) is 3.61. The van der Waals surface area contributed by atoms with E-state index >= 15 is 0 Å². The molecule has 0 spiro atoms. The average molecular weight is 260 g/mol. The second kappa shape index (κ2) is 6.30. The molecule has 0 radical (unpaired) electrons. The zero-order valence-corrected chi connectivity index (χ0v) is 11.7. The van der Waals surface area contributed by atoms with Gasteiger partial charge in [-0.05, 0) is 50.3 Å². The average Bonchev–Trinajstić information content (AvgIpc) is 2.27. The summed E-state index contributed by atoms with van der Waals surface area (Å²) in [5.41, 5.74) is 2.08. The van der Waals surface area contributed by atoms with Gasteiger partial charge in [-0.25, -0.2) is 0 Å². The van der Waals surface area contributed by atoms with E-state index in [4.69, 9.17) is 11.6 Å². The van der Waals surface area contributed by atoms with E-state index in [1.807, 2.05) is 25.6 Å². The van der Waals surface area contributed by atoms with Crippen molar-refractivity contribution in [2.45, 2.75) is 33.2 Å². The highest BCUT2D eigenvalue weighted by Crippen LogP contribution is 2.21. The highest BCUT2D eigenvalue weighted by molar-refractivity contribution is 7.98. The molecule has 0 saturated heterocycles. The van der Waals surface area contributed by atoms with E-state index in [0.717, 1.165) is 29.1 Å². The molecule has 1 rings (SSSR count). The molecule has 1 aromatic rings. The number of aromatic nitrogens is 2. The van der Waals surface area contributed by atoms with Gasteiger partial charge in [-0.1, -0.05) is 11.6 Å². The van der Waals surface area contributed by atoms with Gasteiger partial charge in [-0.2, -0.15) is 11.8 Å². The lowest BCUT2D eigenvalue weighted by atomic mass is 10.2. The smallest absolute Gasteiger partial charge is 0.155 e. The van der Waals surface area contributed by atoms with Crippen molar-refractivity contribution in [1.29, 1.82) is 0 Å². The van der Waals surface area contributed by atoms with Gasteiger partial charge in [-0.15, -0.1) is 10.2 Å². The van der Waals surface area contributed by atoms with Gasteiger partial charge in [0.25, 0.3) is 0 Å². The Kier molecular flexibility index (Phi) is 5.35. The standard InChI is InChI=1S/C11H18ClN3S/c1-7(5-6-16-4)13-11-9(3)8(2)10(12)14-15-11/h7H,5-6H2,1-4H3,(H,13,15). The minimum Gasteiger partial charge on any atom is -0.366 e. The topological polar surface area (TPSA) is 37.8 Å². The first-order valence-corrected chi connectivity index (χ1v) is 7.08. The summed E-state index contributed by atoms with van der Waals surface area (Å²) in [4.78, 5) is 0. The fourth-order valence-corrected chi connectivity index (χ4v) is 2.08. The van der Waals surface area contributed by atoms with E-state index in [2.05, 4.69) is 28.7 Å². The van der Waals surface area contributed by atoms with Crippen molar-refractivity contribution < 1.29 is 0 Å². The predicted octanol–water partition coefficient (Wildman–Crippen LogP) is 3.30. The summed E-state index contributed by atoms with van der Waals surface area (Å²) in [6, 6.07) is 0.404. The number of hydrogen-bond donors (Lipinski definition) is 1. The van der Waals surface area contributed by atoms with Gasteiger partial charge in [0, 0.05) is 6.04 Å². The van der Waals surface area contributed by atoms with Crippen LogP contribution in [0, 0.1) is 13.8 Å². The third kappa shape index (κ3) is 3.52. The van der Waals surface area contributed by atoms with Crippen LogP contribution in [0.4, 0.5) is 5.82 Å². The van der Waals surface area contributed by atoms with Crippen molar-refractivity contribution in [2.24, 2.45) is 0 Å². The van der Waals surface area contributed by atoms with Gasteiger partial charge in [-0.3, -0.25) is 0 Å². The van der Waals surface area contributed by atoms with Crippen molar-refractivity contribution in [3.05, 3.63) is 16.3 Å². The molecule has 1 N–H and O–H groups in total. The molecule has 5 heteroatoms. The minimum absolute atomic E-state index is 0.404. The van der Waals surface area contributed by atoms with E-state index in [9.17, 15) is 0 Å². The van der Waals surface area contributed by atoms with Crippen molar-refractivity contribution in [3.63, 3.8) is 0 Å². The van der Waals surface area contributed by atoms with Gasteiger partial charge < -0.3 is 5.32 Å². The highest BCUT2D eigenvalue weighted by Gasteiger charge is 2.10. The summed E-state index contributed by atoms with van der Waals surface area (Å²) < 4.78 is 0. The Bertz CT molecular complexity index is 357. The maximum absolute atomic E-state index is 5.90. The number of hydrogen-bond acceptors (Lipinski definition) is 4. The highest BCUT2D eigenvalue weighted by atomic mass is 35.5. The largest absolute Gasteiger partial charge is 0.366 e. The lowest BCUT2D eigenvalue weighted by Gasteiger charge is -2.16. The fraction of sp³-hybridized carbons (Fsp3) is 0.636. The van der Waals surface area contributed by atoms with Gasteiger partial charge in [0.2, 0.25) is 0 Å². The molecule has 0 fully saturated rings. The van der Waals surface area contributed by atoms with Crippen LogP contribution in [-0.4, -0.2) is 28.2 Å². The number of thioether (sulfide) groups is 1. The van der Waals surface area contributed by atoms with E-state index in [1.54, 1.807) is 0 Å². The predicted molar refractivity (Wildman–Crippen MR) is 72.6 cm³/mol. The summed E-state index contributed by atoms with van der Waals surface area (Å²) in [7, 11) is 0. The molecule has 0 saturated carbocycles. The van der Waals surface area contributed by atoms with Crippen LogP contribution in [0.5, 0.6) is 0 Å². The molecular formula is C11H18ClN3S. The number of halogens is 1. The molecule has 90 valence electrons. The monoisotopic (exact) mass is 259 g/mol. The molecule has 0 amide bonds. The van der Waals surface area contributed by atoms with Crippen LogP contribution >= 0.6 is 23.4 Å². The summed E-state index contributed by atoms with van der Waals surface area (Å²) >= 11 is 7.75. The van der Waals surface area contributed by atoms with Crippen molar-refractivity contribution in [2.75, 3.05) is 17.3 Å². The van der Waals surface area contributed by atoms with Crippen LogP contribution in [-0.2, 0) is 0 Å². The first-order valence-electron chi connectivity index (χ1n) is 5.31. The Morgan fingerprint density at radius 1 is 1.31 bits per heavy atom. The summed E-state index contributed by atoms with van der Waals surface area (Å²) in [5.74, 6) is 1.99. The molecule has 0 bridgehead atoms.